The topological polar surface area (TPSA) is 243 Å². The van der Waals surface area contributed by atoms with Crippen molar-refractivity contribution in [3.05, 3.63) is 0 Å². The summed E-state index contributed by atoms with van der Waals surface area (Å²) in [5.74, 6) is -1.52. The number of hydrogen-bond donors (Lipinski definition) is 4. The van der Waals surface area contributed by atoms with Crippen molar-refractivity contribution in [2.45, 2.75) is 24.4 Å². The van der Waals surface area contributed by atoms with Crippen molar-refractivity contribution in [3.8, 4) is 0 Å². The van der Waals surface area contributed by atoms with Crippen molar-refractivity contribution in [1.29, 1.82) is 0 Å². The molecular weight excluding hydrogens is 354 g/mol. The van der Waals surface area contributed by atoms with Crippen LogP contribution in [-0.4, -0.2) is 63.8 Å². The molecule has 4 atom stereocenters. The van der Waals surface area contributed by atoms with E-state index in [0.29, 0.717) is 0 Å². The Labute approximate surface area is 123 Å². The van der Waals surface area contributed by atoms with Gasteiger partial charge in [0.05, 0.1) is 22.3 Å². The Hall–Kier alpha value is -0.270. The maximum Gasteiger partial charge on any atom is 0.189 e. The van der Waals surface area contributed by atoms with Gasteiger partial charge in [0, 0.05) is 0 Å². The Morgan fingerprint density at radius 1 is 0.909 bits per heavy atom. The fourth-order valence-electron chi connectivity index (χ4n) is 1.10. The molecule has 15 heteroatoms. The molecule has 0 aromatic heterocycles. The normalized spacial score (nSPS) is 18.5. The van der Waals surface area contributed by atoms with Gasteiger partial charge >= 0.3 is 0 Å². The molecule has 4 N–H and O–H groups in total. The zero-order valence-electron chi connectivity index (χ0n) is 10.6. The molecule has 0 amide bonds. The first-order valence-electron chi connectivity index (χ1n) is 5.33. The number of phosphoric acid groups is 2. The molecule has 22 heavy (non-hydrogen) atoms. The van der Waals surface area contributed by atoms with Crippen LogP contribution in [0.25, 0.3) is 0 Å². The van der Waals surface area contributed by atoms with Gasteiger partial charge in [-0.15, -0.1) is 0 Å². The summed E-state index contributed by atoms with van der Waals surface area (Å²) in [5, 5.41) is 37.1. The molecule has 132 valence electrons. The summed E-state index contributed by atoms with van der Waals surface area (Å²) in [6.45, 7) is -2.70. The number of rotatable bonds is 10. The van der Waals surface area contributed by atoms with Gasteiger partial charge < -0.3 is 58.2 Å². The fourth-order valence-corrected chi connectivity index (χ4v) is 1.72. The first kappa shape index (κ1) is 21.7. The van der Waals surface area contributed by atoms with Crippen molar-refractivity contribution < 1.29 is 63.0 Å². The number of phosphoric ester groups is 2. The standard InChI is InChI=1S/C7H16O13P2/c8-3(1-19-21(13,14)15)5(10)7(12)6(11)4(9)2-20-22(16,17)18/h3,5-8,10-12H,1-2H2,(H2,13,14,15)(H2,16,17,18)/p-4. The summed E-state index contributed by atoms with van der Waals surface area (Å²) in [7, 11) is -11.0. The lowest BCUT2D eigenvalue weighted by molar-refractivity contribution is -0.344. The molecule has 0 heterocycles. The van der Waals surface area contributed by atoms with Crippen LogP contribution in [0.4, 0.5) is 0 Å². The molecular formula is C7H12O13P2-4. The van der Waals surface area contributed by atoms with Crippen LogP contribution >= 0.6 is 15.6 Å². The molecule has 0 fully saturated rings. The number of carbonyl (C=O) groups is 1. The SMILES string of the molecule is O=C(COP(=O)([O-])[O-])C(O)C(O)C(O)C(O)COP(=O)([O-])[O-]. The summed E-state index contributed by atoms with van der Waals surface area (Å²) in [4.78, 5) is 51.7. The van der Waals surface area contributed by atoms with E-state index in [1.54, 1.807) is 0 Å². The molecule has 0 aliphatic carbocycles. The van der Waals surface area contributed by atoms with E-state index in [1.807, 2.05) is 0 Å². The maximum atomic E-state index is 11.2. The first-order valence-corrected chi connectivity index (χ1v) is 8.25. The quantitative estimate of drug-likeness (QED) is 0.263. The lowest BCUT2D eigenvalue weighted by atomic mass is 10.0. The van der Waals surface area contributed by atoms with E-state index in [1.165, 1.54) is 0 Å². The molecule has 0 aliphatic heterocycles. The summed E-state index contributed by atoms with van der Waals surface area (Å²) in [6, 6.07) is 0. The van der Waals surface area contributed by atoms with Crippen LogP contribution in [0.5, 0.6) is 0 Å². The zero-order valence-corrected chi connectivity index (χ0v) is 12.4. The van der Waals surface area contributed by atoms with Crippen LogP contribution in [0.3, 0.4) is 0 Å². The van der Waals surface area contributed by atoms with Gasteiger partial charge in [0.25, 0.3) is 0 Å². The predicted molar refractivity (Wildman–Crippen MR) is 56.2 cm³/mol. The molecule has 13 nitrogen and oxygen atoms in total. The monoisotopic (exact) mass is 366 g/mol. The lowest BCUT2D eigenvalue weighted by Crippen LogP contribution is -2.49. The molecule has 4 unspecified atom stereocenters. The van der Waals surface area contributed by atoms with E-state index in [9.17, 15) is 53.9 Å². The van der Waals surface area contributed by atoms with E-state index in [2.05, 4.69) is 9.05 Å². The summed E-state index contributed by atoms with van der Waals surface area (Å²) in [5.41, 5.74) is 0. The highest BCUT2D eigenvalue weighted by molar-refractivity contribution is 7.43. The summed E-state index contributed by atoms with van der Waals surface area (Å²) >= 11 is 0. The Morgan fingerprint density at radius 3 is 1.77 bits per heavy atom. The Balaban J connectivity index is 4.53. The Morgan fingerprint density at radius 2 is 1.36 bits per heavy atom. The van der Waals surface area contributed by atoms with Gasteiger partial charge in [-0.3, -0.25) is 4.79 Å². The average molecular weight is 366 g/mol. The van der Waals surface area contributed by atoms with Gasteiger partial charge in [-0.25, -0.2) is 0 Å². The van der Waals surface area contributed by atoms with Crippen molar-refractivity contribution in [1.82, 2.24) is 0 Å². The van der Waals surface area contributed by atoms with E-state index in [4.69, 9.17) is 0 Å². The number of aliphatic hydroxyl groups excluding tert-OH is 4. The number of aliphatic hydroxyl groups is 4. The highest BCUT2D eigenvalue weighted by Gasteiger charge is 2.34. The third-order valence-electron chi connectivity index (χ3n) is 2.17. The van der Waals surface area contributed by atoms with Crippen molar-refractivity contribution >= 4 is 21.4 Å². The van der Waals surface area contributed by atoms with Crippen LogP contribution in [0, 0.1) is 0 Å². The highest BCUT2D eigenvalue weighted by Crippen LogP contribution is 2.26. The van der Waals surface area contributed by atoms with Gasteiger partial charge in [-0.1, -0.05) is 0 Å². The first-order chi connectivity index (χ1) is 9.74. The molecule has 0 aliphatic rings. The molecule has 0 saturated heterocycles. The van der Waals surface area contributed by atoms with Crippen LogP contribution in [0.2, 0.25) is 0 Å². The summed E-state index contributed by atoms with van der Waals surface area (Å²) < 4.78 is 27.4. The number of Topliss-reactive ketones (excluding diaryl/α,β-unsaturated/α-hetero) is 1. The highest BCUT2D eigenvalue weighted by atomic mass is 31.2. The Kier molecular flexibility index (Phi) is 8.44. The van der Waals surface area contributed by atoms with Gasteiger partial charge in [-0.2, -0.15) is 0 Å². The molecule has 0 bridgehead atoms. The van der Waals surface area contributed by atoms with Crippen molar-refractivity contribution in [3.63, 3.8) is 0 Å². The molecule has 0 aromatic carbocycles. The van der Waals surface area contributed by atoms with Crippen molar-refractivity contribution in [2.24, 2.45) is 0 Å². The van der Waals surface area contributed by atoms with E-state index >= 15 is 0 Å². The van der Waals surface area contributed by atoms with Gasteiger partial charge in [0.15, 0.2) is 5.78 Å². The van der Waals surface area contributed by atoms with Crippen LogP contribution < -0.4 is 19.6 Å². The second kappa shape index (κ2) is 8.55. The third-order valence-corrected chi connectivity index (χ3v) is 3.08. The van der Waals surface area contributed by atoms with Crippen LogP contribution in [0.15, 0.2) is 0 Å². The minimum atomic E-state index is -5.51. The second-order valence-corrected chi connectivity index (χ2v) is 6.23. The lowest BCUT2D eigenvalue weighted by Gasteiger charge is -2.32. The van der Waals surface area contributed by atoms with Gasteiger partial charge in [0.1, 0.15) is 31.0 Å². The van der Waals surface area contributed by atoms with Gasteiger partial charge in [0.2, 0.25) is 0 Å². The number of hydrogen-bond acceptors (Lipinski definition) is 13. The van der Waals surface area contributed by atoms with Crippen LogP contribution in [-0.2, 0) is 23.0 Å². The second-order valence-electron chi connectivity index (χ2n) is 3.92. The number of carbonyl (C=O) groups excluding carboxylic acids is 1. The Bertz CT molecular complexity index is 453. The maximum absolute atomic E-state index is 11.2. The van der Waals surface area contributed by atoms with E-state index in [-0.39, 0.29) is 0 Å². The average Bonchev–Trinajstić information content (AvgIpc) is 2.37. The smallest absolute Gasteiger partial charge is 0.189 e. The van der Waals surface area contributed by atoms with Crippen molar-refractivity contribution in [2.75, 3.05) is 13.2 Å². The molecule has 0 radical (unpaired) electrons. The largest absolute Gasteiger partial charge is 0.790 e. The van der Waals surface area contributed by atoms with Crippen LogP contribution in [0.1, 0.15) is 0 Å². The zero-order chi connectivity index (χ0) is 17.7. The minimum absolute atomic E-state index is 1.27. The summed E-state index contributed by atoms with van der Waals surface area (Å²) in [6.07, 6.45) is -9.40. The third kappa shape index (κ3) is 9.00. The van der Waals surface area contributed by atoms with E-state index in [0.717, 1.165) is 0 Å². The molecule has 0 saturated carbocycles. The van der Waals surface area contributed by atoms with Gasteiger partial charge in [-0.05, 0) is 0 Å². The minimum Gasteiger partial charge on any atom is -0.790 e. The molecule has 0 spiro atoms. The number of ketones is 1. The predicted octanol–water partition coefficient (Wildman–Crippen LogP) is -6.31. The van der Waals surface area contributed by atoms with E-state index < -0.39 is 59.1 Å². The molecule has 0 aromatic rings. The molecule has 0 rings (SSSR count). The fraction of sp³-hybridized carbons (Fsp3) is 0.857.